The Labute approximate surface area is 129 Å². The lowest BCUT2D eigenvalue weighted by Gasteiger charge is -2.05. The minimum Gasteiger partial charge on any atom is -0.399 e. The molecule has 3 N–H and O–H groups in total. The van der Waals surface area contributed by atoms with Gasteiger partial charge in [0.05, 0.1) is 5.56 Å². The molecule has 0 radical (unpaired) electrons. The van der Waals surface area contributed by atoms with Gasteiger partial charge in [-0.25, -0.2) is 4.39 Å². The summed E-state index contributed by atoms with van der Waals surface area (Å²) in [5, 5.41) is 13.8. The maximum Gasteiger partial charge on any atom is 0.225 e. The number of carbonyl (C=O) groups is 1. The fourth-order valence-corrected chi connectivity index (χ4v) is 3.19. The highest BCUT2D eigenvalue weighted by Crippen LogP contribution is 2.25. The molecular weight excluding hydrogens is 309 g/mol. The third kappa shape index (κ3) is 4.21. The number of rotatable bonds is 5. The lowest BCUT2D eigenvalue weighted by Crippen LogP contribution is -2.11. The number of nitrogens with two attached hydrogens (primary N) is 1. The summed E-state index contributed by atoms with van der Waals surface area (Å²) >= 11 is 2.55. The van der Waals surface area contributed by atoms with Crippen LogP contribution in [0, 0.1) is 17.1 Å². The summed E-state index contributed by atoms with van der Waals surface area (Å²) < 4.78 is 13.5. The van der Waals surface area contributed by atoms with Crippen molar-refractivity contribution in [2.45, 2.75) is 11.3 Å². The monoisotopic (exact) mass is 321 g/mol. The number of halogens is 1. The fraction of sp³-hybridized carbons (Fsp3) is 0.143. The van der Waals surface area contributed by atoms with Crippen LogP contribution in [0.4, 0.5) is 15.1 Å². The summed E-state index contributed by atoms with van der Waals surface area (Å²) in [6.45, 7) is 0. The number of nitrogens with one attached hydrogen (secondary N) is 1. The van der Waals surface area contributed by atoms with Crippen LogP contribution in [0.15, 0.2) is 34.5 Å². The van der Waals surface area contributed by atoms with Crippen molar-refractivity contribution in [1.29, 1.82) is 5.26 Å². The third-order valence-corrected chi connectivity index (χ3v) is 4.46. The summed E-state index contributed by atoms with van der Waals surface area (Å²) in [4.78, 5) is 12.2. The molecule has 1 aromatic heterocycles. The normalized spacial score (nSPS) is 10.1. The molecule has 0 saturated heterocycles. The van der Waals surface area contributed by atoms with Crippen LogP contribution in [0.25, 0.3) is 0 Å². The summed E-state index contributed by atoms with van der Waals surface area (Å²) in [6.07, 6.45) is 0.233. The average molecular weight is 321 g/mol. The van der Waals surface area contributed by atoms with Gasteiger partial charge in [-0.3, -0.25) is 4.79 Å². The second-order valence-electron chi connectivity index (χ2n) is 4.11. The molecule has 0 aliphatic heterocycles. The molecular formula is C14H12FN3OS2. The number of carbonyl (C=O) groups excluding carboxylic acids is 1. The van der Waals surface area contributed by atoms with Gasteiger partial charge in [-0.1, -0.05) is 0 Å². The number of nitrogen functional groups attached to an aromatic ring is 1. The Balaban J connectivity index is 1.83. The van der Waals surface area contributed by atoms with Gasteiger partial charge in [0.2, 0.25) is 5.91 Å². The molecule has 0 spiro atoms. The second kappa shape index (κ2) is 7.11. The minimum atomic E-state index is -0.384. The van der Waals surface area contributed by atoms with E-state index in [0.717, 1.165) is 0 Å². The van der Waals surface area contributed by atoms with E-state index in [1.165, 1.54) is 29.2 Å². The molecule has 0 aliphatic carbocycles. The summed E-state index contributed by atoms with van der Waals surface area (Å²) in [5.41, 5.74) is 6.29. The van der Waals surface area contributed by atoms with E-state index < -0.39 is 0 Å². The third-order valence-electron chi connectivity index (χ3n) is 2.58. The first-order valence-corrected chi connectivity index (χ1v) is 7.92. The first-order valence-electron chi connectivity index (χ1n) is 6.05. The van der Waals surface area contributed by atoms with E-state index in [9.17, 15) is 9.18 Å². The minimum absolute atomic E-state index is 0.197. The second-order valence-corrected chi connectivity index (χ2v) is 6.16. The Morgan fingerprint density at radius 2 is 2.29 bits per heavy atom. The average Bonchev–Trinajstić information content (AvgIpc) is 2.88. The maximum absolute atomic E-state index is 13.5. The van der Waals surface area contributed by atoms with Crippen molar-refractivity contribution in [3.05, 3.63) is 41.0 Å². The number of thiophene rings is 1. The van der Waals surface area contributed by atoms with Crippen LogP contribution in [0.1, 0.15) is 12.0 Å². The lowest BCUT2D eigenvalue weighted by atomic mass is 10.3. The molecule has 21 heavy (non-hydrogen) atoms. The molecule has 1 aromatic carbocycles. The predicted octanol–water partition coefficient (Wildman–Crippen LogP) is 3.46. The van der Waals surface area contributed by atoms with Crippen molar-refractivity contribution in [2.24, 2.45) is 0 Å². The number of thioether (sulfide) groups is 1. The van der Waals surface area contributed by atoms with Gasteiger partial charge in [0.15, 0.2) is 0 Å². The van der Waals surface area contributed by atoms with Gasteiger partial charge in [0.1, 0.15) is 16.9 Å². The van der Waals surface area contributed by atoms with Crippen LogP contribution < -0.4 is 11.1 Å². The maximum atomic E-state index is 13.5. The SMILES string of the molecule is N#Cc1ccsc1NC(=O)CCSc1ccc(N)cc1F. The van der Waals surface area contributed by atoms with Crippen LogP contribution in [-0.4, -0.2) is 11.7 Å². The van der Waals surface area contributed by atoms with Crippen LogP contribution in [0.3, 0.4) is 0 Å². The van der Waals surface area contributed by atoms with Gasteiger partial charge in [0, 0.05) is 22.8 Å². The van der Waals surface area contributed by atoms with Crippen LogP contribution in [0.2, 0.25) is 0 Å². The van der Waals surface area contributed by atoms with E-state index in [1.807, 2.05) is 6.07 Å². The number of nitriles is 1. The molecule has 108 valence electrons. The molecule has 0 aliphatic rings. The Bertz CT molecular complexity index is 694. The van der Waals surface area contributed by atoms with Crippen LogP contribution in [0.5, 0.6) is 0 Å². The molecule has 0 saturated carbocycles. The first kappa shape index (κ1) is 15.4. The van der Waals surface area contributed by atoms with E-state index >= 15 is 0 Å². The molecule has 0 unspecified atom stereocenters. The van der Waals surface area contributed by atoms with Crippen molar-refractivity contribution in [3.8, 4) is 6.07 Å². The molecule has 1 amide bonds. The zero-order chi connectivity index (χ0) is 15.2. The molecule has 2 rings (SSSR count). The lowest BCUT2D eigenvalue weighted by molar-refractivity contribution is -0.115. The van der Waals surface area contributed by atoms with E-state index in [2.05, 4.69) is 5.32 Å². The fourth-order valence-electron chi connectivity index (χ4n) is 1.57. The Morgan fingerprint density at radius 1 is 1.48 bits per heavy atom. The highest BCUT2D eigenvalue weighted by Gasteiger charge is 2.09. The molecule has 0 bridgehead atoms. The Morgan fingerprint density at radius 3 is 3.00 bits per heavy atom. The number of hydrogen-bond donors (Lipinski definition) is 2. The van der Waals surface area contributed by atoms with Crippen LogP contribution >= 0.6 is 23.1 Å². The molecule has 1 heterocycles. The molecule has 4 nitrogen and oxygen atoms in total. The topological polar surface area (TPSA) is 78.9 Å². The highest BCUT2D eigenvalue weighted by atomic mass is 32.2. The first-order chi connectivity index (χ1) is 10.1. The number of amides is 1. The molecule has 7 heteroatoms. The largest absolute Gasteiger partial charge is 0.399 e. The van der Waals surface area contributed by atoms with E-state index in [-0.39, 0.29) is 18.1 Å². The Kier molecular flexibility index (Phi) is 5.20. The predicted molar refractivity (Wildman–Crippen MR) is 83.8 cm³/mol. The number of nitrogens with zero attached hydrogens (tertiary/aromatic N) is 1. The van der Waals surface area contributed by atoms with E-state index in [0.29, 0.717) is 26.9 Å². The molecule has 2 aromatic rings. The van der Waals surface area contributed by atoms with Crippen molar-refractivity contribution in [2.75, 3.05) is 16.8 Å². The quantitative estimate of drug-likeness (QED) is 0.653. The number of benzene rings is 1. The molecule has 0 fully saturated rings. The van der Waals surface area contributed by atoms with Crippen molar-refractivity contribution in [3.63, 3.8) is 0 Å². The van der Waals surface area contributed by atoms with Gasteiger partial charge < -0.3 is 11.1 Å². The van der Waals surface area contributed by atoms with Gasteiger partial charge in [0.25, 0.3) is 0 Å². The van der Waals surface area contributed by atoms with Crippen molar-refractivity contribution < 1.29 is 9.18 Å². The number of anilines is 2. The van der Waals surface area contributed by atoms with E-state index in [1.54, 1.807) is 23.6 Å². The summed E-state index contributed by atoms with van der Waals surface area (Å²) in [7, 11) is 0. The van der Waals surface area contributed by atoms with Crippen LogP contribution in [-0.2, 0) is 4.79 Å². The summed E-state index contributed by atoms with van der Waals surface area (Å²) in [5.74, 6) is -0.136. The zero-order valence-electron chi connectivity index (χ0n) is 10.9. The molecule has 0 atom stereocenters. The van der Waals surface area contributed by atoms with Crippen molar-refractivity contribution in [1.82, 2.24) is 0 Å². The smallest absolute Gasteiger partial charge is 0.225 e. The standard InChI is InChI=1S/C14H12FN3OS2/c15-11-7-10(17)1-2-12(11)20-6-4-13(19)18-14-9(8-16)3-5-21-14/h1-3,5,7H,4,6,17H2,(H,18,19). The zero-order valence-corrected chi connectivity index (χ0v) is 12.6. The van der Waals surface area contributed by atoms with Gasteiger partial charge in [-0.2, -0.15) is 5.26 Å². The number of hydrogen-bond acceptors (Lipinski definition) is 5. The van der Waals surface area contributed by atoms with Gasteiger partial charge in [-0.15, -0.1) is 23.1 Å². The van der Waals surface area contributed by atoms with E-state index in [4.69, 9.17) is 11.0 Å². The highest BCUT2D eigenvalue weighted by molar-refractivity contribution is 7.99. The summed E-state index contributed by atoms with van der Waals surface area (Å²) in [6, 6.07) is 8.13. The van der Waals surface area contributed by atoms with Crippen molar-refractivity contribution >= 4 is 39.7 Å². The van der Waals surface area contributed by atoms with Gasteiger partial charge in [-0.05, 0) is 29.6 Å². The van der Waals surface area contributed by atoms with Gasteiger partial charge >= 0.3 is 0 Å². The Hall–Kier alpha value is -2.04.